The Morgan fingerprint density at radius 2 is 0.532 bits per heavy atom. The van der Waals surface area contributed by atoms with E-state index in [1.807, 2.05) is 79.7 Å². The number of carbonyl (C=O) groups excluding carboxylic acids is 8. The van der Waals surface area contributed by atoms with Crippen LogP contribution in [0.3, 0.4) is 0 Å². The van der Waals surface area contributed by atoms with Crippen molar-refractivity contribution in [2.75, 3.05) is 40.6 Å². The van der Waals surface area contributed by atoms with Gasteiger partial charge in [-0.3, -0.25) is 58.0 Å². The Hall–Kier alpha value is -9.56. The fourth-order valence-corrected chi connectivity index (χ4v) is 15.9. The van der Waals surface area contributed by atoms with Crippen molar-refractivity contribution in [2.45, 2.75) is 146 Å². The average Bonchev–Trinajstić information content (AvgIpc) is 0.687. The average molecular weight is 1260 g/mol. The van der Waals surface area contributed by atoms with Crippen LogP contribution in [0.4, 0.5) is 0 Å². The zero-order valence-corrected chi connectivity index (χ0v) is 53.4. The van der Waals surface area contributed by atoms with Gasteiger partial charge in [-0.05, 0) is 121 Å². The molecule has 4 aliphatic heterocycles. The number of nitrogens with zero attached hydrogens (tertiary/aromatic N) is 4. The first kappa shape index (κ1) is 64.5. The molecule has 4 aliphatic rings. The number of hydrogen-bond acceptors (Lipinski definition) is 12. The fourth-order valence-electron chi connectivity index (χ4n) is 15.9. The molecule has 0 aliphatic carbocycles. The predicted molar refractivity (Wildman–Crippen MR) is 369 cm³/mol. The highest BCUT2D eigenvalue weighted by atomic mass is 16.5. The normalized spacial score (nSPS) is 14.7. The van der Waals surface area contributed by atoms with Gasteiger partial charge < -0.3 is 18.9 Å². The van der Waals surface area contributed by atoms with Crippen LogP contribution in [0.1, 0.15) is 216 Å². The number of rotatable bonds is 20. The molecule has 0 fully saturated rings. The van der Waals surface area contributed by atoms with Crippen LogP contribution in [0.2, 0.25) is 0 Å². The van der Waals surface area contributed by atoms with Crippen molar-refractivity contribution in [3.8, 4) is 23.3 Å². The van der Waals surface area contributed by atoms with Crippen molar-refractivity contribution in [2.24, 2.45) is 0 Å². The lowest BCUT2D eigenvalue weighted by molar-refractivity contribution is 0.0514. The number of ether oxygens (including phenoxy) is 4. The topological polar surface area (TPSA) is 186 Å². The third-order valence-electron chi connectivity index (χ3n) is 20.4. The van der Waals surface area contributed by atoms with Crippen molar-refractivity contribution in [1.29, 1.82) is 0 Å². The van der Waals surface area contributed by atoms with E-state index in [1.165, 1.54) is 19.6 Å². The van der Waals surface area contributed by atoms with Gasteiger partial charge in [0, 0.05) is 148 Å². The Bertz CT molecular complexity index is 4710. The molecule has 0 spiro atoms. The molecule has 0 atom stereocenters. The van der Waals surface area contributed by atoms with E-state index in [1.54, 1.807) is 62.8 Å². The second-order valence-corrected chi connectivity index (χ2v) is 24.7. The van der Waals surface area contributed by atoms with E-state index in [0.717, 1.165) is 0 Å². The lowest BCUT2D eigenvalue weighted by Gasteiger charge is -2.35. The lowest BCUT2D eigenvalue weighted by atomic mass is 9.79. The number of carbonyl (C=O) groups is 8. The lowest BCUT2D eigenvalue weighted by Crippen LogP contribution is -2.46. The van der Waals surface area contributed by atoms with E-state index in [-0.39, 0.29) is 75.6 Å². The molecule has 10 aromatic rings. The van der Waals surface area contributed by atoms with Crippen LogP contribution in [0.25, 0.3) is 86.2 Å². The fraction of sp³-hybridized carbons (Fsp3) is 0.359. The Balaban J connectivity index is 0.00000424. The van der Waals surface area contributed by atoms with Gasteiger partial charge in [0.25, 0.3) is 47.3 Å². The SMILES string of the molecule is C.C.CCC(CC)N1C(=O)c2ccc3c4c(OCCOC)cc5c6c(ccc(c7c(C#Cc8cc9c%10c(ccc%11c%12c(OCCOC)cc%13c%14c(ccc(c8c%10%11)c%14%12)C(=O)N(C(CC)CC)C%13=O)C(=O)N(C(CC)CC)C9=O)cc(c2c37)C1=O)c64)C(=O)N(C(CC)CC)C5=O. The Morgan fingerprint density at radius 1 is 0.298 bits per heavy atom. The van der Waals surface area contributed by atoms with E-state index in [0.29, 0.717) is 182 Å². The van der Waals surface area contributed by atoms with Crippen molar-refractivity contribution >= 4 is 133 Å². The third-order valence-corrected chi connectivity index (χ3v) is 20.4. The van der Waals surface area contributed by atoms with E-state index in [4.69, 9.17) is 18.9 Å². The summed E-state index contributed by atoms with van der Waals surface area (Å²) in [6.45, 7) is 16.3. The quantitative estimate of drug-likeness (QED) is 0.0231. The summed E-state index contributed by atoms with van der Waals surface area (Å²) >= 11 is 0. The summed E-state index contributed by atoms with van der Waals surface area (Å²) in [6, 6.07) is 19.8. The van der Waals surface area contributed by atoms with Gasteiger partial charge in [-0.2, -0.15) is 0 Å². The second-order valence-electron chi connectivity index (χ2n) is 24.7. The Kier molecular flexibility index (Phi) is 16.8. The molecule has 0 bridgehead atoms. The van der Waals surface area contributed by atoms with Gasteiger partial charge in [-0.25, -0.2) is 0 Å². The summed E-state index contributed by atoms with van der Waals surface area (Å²) in [5.74, 6) is 4.33. The summed E-state index contributed by atoms with van der Waals surface area (Å²) in [6.07, 6.45) is 4.23. The number of fused-ring (bicyclic) bond motifs is 4. The maximum atomic E-state index is 15.5. The standard InChI is InChI=1S/C76H70N4O12.2CH4/c1-11-39(12-2)77-69(81)47-27-23-45-63-55(91-31-29-89-9)35-53-61-49(71(83)79(75(53)87)41(15-5)16-6)25-21-43(67(61)63)57-37(33-51(73(77)85)59(47)65(45)57)19-20-38-34-52-60-48(70(82)78(74(52)86)40(13-3)14-4)28-24-46-64-56(92-32-30-90-10)36-54-62-50(26-22-44(68(62)64)58(38)66(46)60)72(84)80(76(54)88)42(17-7)18-8;;/h21-28,33-36,39-42H,11-18,29-32H2,1-10H3;2*1H4. The summed E-state index contributed by atoms with van der Waals surface area (Å²) in [7, 11) is 3.14. The molecular formula is C78H78N4O12. The molecule has 14 rings (SSSR count). The van der Waals surface area contributed by atoms with Crippen molar-refractivity contribution in [3.63, 3.8) is 0 Å². The van der Waals surface area contributed by atoms with Gasteiger partial charge in [0.15, 0.2) is 0 Å². The van der Waals surface area contributed by atoms with Crippen LogP contribution in [0.5, 0.6) is 11.5 Å². The predicted octanol–water partition coefficient (Wildman–Crippen LogP) is 15.6. The van der Waals surface area contributed by atoms with E-state index >= 15 is 28.8 Å². The van der Waals surface area contributed by atoms with Crippen molar-refractivity contribution in [1.82, 2.24) is 19.6 Å². The maximum Gasteiger partial charge on any atom is 0.261 e. The maximum absolute atomic E-state index is 15.5. The molecule has 94 heavy (non-hydrogen) atoms. The van der Waals surface area contributed by atoms with Crippen molar-refractivity contribution < 1.29 is 57.3 Å². The number of amides is 8. The summed E-state index contributed by atoms with van der Waals surface area (Å²) < 4.78 is 24.3. The molecule has 0 aromatic heterocycles. The summed E-state index contributed by atoms with van der Waals surface area (Å²) in [5.41, 5.74) is 3.15. The molecule has 0 radical (unpaired) electrons. The summed E-state index contributed by atoms with van der Waals surface area (Å²) in [5, 5.41) is 8.58. The monoisotopic (exact) mass is 1260 g/mol. The molecule has 482 valence electrons. The van der Waals surface area contributed by atoms with Crippen LogP contribution >= 0.6 is 0 Å². The van der Waals surface area contributed by atoms with Crippen LogP contribution in [0.15, 0.2) is 72.8 Å². The van der Waals surface area contributed by atoms with Crippen LogP contribution in [-0.2, 0) is 9.47 Å². The van der Waals surface area contributed by atoms with Crippen LogP contribution in [0, 0.1) is 11.8 Å². The van der Waals surface area contributed by atoms with Crippen molar-refractivity contribution in [3.05, 3.63) is 128 Å². The molecule has 16 nitrogen and oxygen atoms in total. The molecule has 0 unspecified atom stereocenters. The van der Waals surface area contributed by atoms with Gasteiger partial charge in [-0.15, -0.1) is 0 Å². The minimum absolute atomic E-state index is 0. The first-order valence-electron chi connectivity index (χ1n) is 32.5. The van der Waals surface area contributed by atoms with E-state index in [9.17, 15) is 9.59 Å². The highest BCUT2D eigenvalue weighted by Gasteiger charge is 2.44. The number of benzene rings is 10. The first-order chi connectivity index (χ1) is 44.6. The molecule has 0 N–H and O–H groups in total. The Morgan fingerprint density at radius 3 is 0.787 bits per heavy atom. The number of imide groups is 4. The van der Waals surface area contributed by atoms with E-state index < -0.39 is 59.3 Å². The first-order valence-corrected chi connectivity index (χ1v) is 32.5. The highest BCUT2D eigenvalue weighted by Crippen LogP contribution is 2.54. The molecule has 4 heterocycles. The smallest absolute Gasteiger partial charge is 0.261 e. The molecule has 16 heteroatoms. The van der Waals surface area contributed by atoms with Crippen LogP contribution in [-0.4, -0.2) is 132 Å². The van der Waals surface area contributed by atoms with Gasteiger partial charge in [0.05, 0.1) is 24.3 Å². The number of hydrogen-bond donors (Lipinski definition) is 0. The third kappa shape index (κ3) is 8.79. The molecular weight excluding hydrogens is 1180 g/mol. The van der Waals surface area contributed by atoms with Gasteiger partial charge in [-0.1, -0.05) is 106 Å². The number of methoxy groups -OCH3 is 2. The molecule has 0 saturated heterocycles. The van der Waals surface area contributed by atoms with Crippen LogP contribution < -0.4 is 9.47 Å². The van der Waals surface area contributed by atoms with E-state index in [2.05, 4.69) is 11.8 Å². The highest BCUT2D eigenvalue weighted by molar-refractivity contribution is 6.45. The van der Waals surface area contributed by atoms with Gasteiger partial charge >= 0.3 is 0 Å². The minimum Gasteiger partial charge on any atom is -0.490 e. The molecule has 10 aromatic carbocycles. The molecule has 0 saturated carbocycles. The minimum atomic E-state index is -0.487. The second kappa shape index (κ2) is 24.4. The largest absolute Gasteiger partial charge is 0.490 e. The molecule has 8 amide bonds. The zero-order chi connectivity index (χ0) is 64.6. The zero-order valence-electron chi connectivity index (χ0n) is 53.4. The summed E-state index contributed by atoms with van der Waals surface area (Å²) in [4.78, 5) is 127. The van der Waals surface area contributed by atoms with Gasteiger partial charge in [0.1, 0.15) is 24.7 Å². The van der Waals surface area contributed by atoms with Gasteiger partial charge in [0.2, 0.25) is 0 Å². The Labute approximate surface area is 546 Å².